The summed E-state index contributed by atoms with van der Waals surface area (Å²) in [5.74, 6) is 4.90. The summed E-state index contributed by atoms with van der Waals surface area (Å²) >= 11 is 0. The minimum absolute atomic E-state index is 0.120. The maximum Gasteiger partial charge on any atom is 0.466 e. The van der Waals surface area contributed by atoms with Gasteiger partial charge in [-0.15, -0.1) is 0 Å². The van der Waals surface area contributed by atoms with E-state index in [4.69, 9.17) is 25.1 Å². The lowest BCUT2D eigenvalue weighted by Crippen LogP contribution is -2.14. The summed E-state index contributed by atoms with van der Waals surface area (Å²) in [6.45, 7) is 0. The van der Waals surface area contributed by atoms with Crippen molar-refractivity contribution in [2.45, 2.75) is 6.18 Å². The van der Waals surface area contributed by atoms with Crippen LogP contribution in [-0.2, 0) is 10.7 Å². The highest BCUT2D eigenvalue weighted by Gasteiger charge is 2.32. The van der Waals surface area contributed by atoms with Crippen molar-refractivity contribution in [3.05, 3.63) is 29.8 Å². The standard InChI is InChI=1S/C7H7F3N2.H3O4P/c8-7(9,10)5-3-1-2-4-6(5)12-11;1-5(2,3)4/h1-4,12H,11H2;(H3,1,2,3,4). The highest BCUT2D eigenvalue weighted by molar-refractivity contribution is 7.45. The zero-order chi connectivity index (χ0) is 13.7. The van der Waals surface area contributed by atoms with Gasteiger partial charge < -0.3 is 20.1 Å². The maximum atomic E-state index is 12.1. The largest absolute Gasteiger partial charge is 0.466 e. The highest BCUT2D eigenvalue weighted by atomic mass is 31.2. The molecule has 6 nitrogen and oxygen atoms in total. The molecule has 0 aromatic heterocycles. The Balaban J connectivity index is 0.000000437. The molecular formula is C7H10F3N2O4P. The van der Waals surface area contributed by atoms with Crippen LogP contribution in [0.2, 0.25) is 0 Å². The minimum atomic E-state index is -4.64. The number of anilines is 1. The predicted octanol–water partition coefficient (Wildman–Crippen LogP) is 1.06. The second-order valence-corrected chi connectivity index (χ2v) is 3.73. The van der Waals surface area contributed by atoms with Gasteiger partial charge in [-0.25, -0.2) is 4.57 Å². The van der Waals surface area contributed by atoms with Crippen molar-refractivity contribution in [1.29, 1.82) is 0 Å². The molecule has 0 bridgehead atoms. The van der Waals surface area contributed by atoms with Crippen LogP contribution < -0.4 is 11.3 Å². The van der Waals surface area contributed by atoms with E-state index in [0.29, 0.717) is 0 Å². The van der Waals surface area contributed by atoms with Crippen molar-refractivity contribution in [3.8, 4) is 0 Å². The minimum Gasteiger partial charge on any atom is -0.324 e. The Bertz CT molecular complexity index is 398. The summed E-state index contributed by atoms with van der Waals surface area (Å²) in [7, 11) is -4.64. The van der Waals surface area contributed by atoms with Crippen LogP contribution in [0.5, 0.6) is 0 Å². The van der Waals surface area contributed by atoms with Gasteiger partial charge in [0.25, 0.3) is 0 Å². The van der Waals surface area contributed by atoms with Gasteiger partial charge in [0.2, 0.25) is 0 Å². The number of hydrazine groups is 1. The molecule has 6 N–H and O–H groups in total. The summed E-state index contributed by atoms with van der Waals surface area (Å²) in [5, 5.41) is 0. The van der Waals surface area contributed by atoms with Crippen molar-refractivity contribution in [1.82, 2.24) is 0 Å². The molecule has 0 spiro atoms. The van der Waals surface area contributed by atoms with Crippen molar-refractivity contribution in [2.75, 3.05) is 5.43 Å². The van der Waals surface area contributed by atoms with Crippen LogP contribution in [0.1, 0.15) is 5.56 Å². The van der Waals surface area contributed by atoms with Gasteiger partial charge in [-0.3, -0.25) is 5.84 Å². The molecule has 0 aliphatic carbocycles. The molecule has 10 heteroatoms. The lowest BCUT2D eigenvalue weighted by molar-refractivity contribution is -0.137. The lowest BCUT2D eigenvalue weighted by atomic mass is 10.2. The molecular weight excluding hydrogens is 264 g/mol. The van der Waals surface area contributed by atoms with Gasteiger partial charge in [-0.1, -0.05) is 12.1 Å². The number of nitrogens with one attached hydrogen (secondary N) is 1. The van der Waals surface area contributed by atoms with E-state index in [1.807, 2.05) is 5.43 Å². The van der Waals surface area contributed by atoms with Crippen molar-refractivity contribution in [2.24, 2.45) is 5.84 Å². The highest BCUT2D eigenvalue weighted by Crippen LogP contribution is 2.33. The molecule has 0 unspecified atom stereocenters. The molecule has 1 rings (SSSR count). The van der Waals surface area contributed by atoms with Gasteiger partial charge in [-0.05, 0) is 12.1 Å². The number of benzene rings is 1. The normalized spacial score (nSPS) is 11.5. The van der Waals surface area contributed by atoms with Crippen LogP contribution in [0.4, 0.5) is 18.9 Å². The number of hydrogen-bond acceptors (Lipinski definition) is 3. The summed E-state index contributed by atoms with van der Waals surface area (Å²) in [6.07, 6.45) is -4.36. The SMILES string of the molecule is NNc1ccccc1C(F)(F)F.O=P(O)(O)O. The Hall–Kier alpha value is -1.12. The second kappa shape index (κ2) is 5.99. The summed E-state index contributed by atoms with van der Waals surface area (Å²) in [4.78, 5) is 21.6. The third-order valence-corrected chi connectivity index (χ3v) is 1.39. The molecule has 98 valence electrons. The van der Waals surface area contributed by atoms with Crippen LogP contribution in [0.15, 0.2) is 24.3 Å². The van der Waals surface area contributed by atoms with E-state index >= 15 is 0 Å². The smallest absolute Gasteiger partial charge is 0.324 e. The molecule has 0 saturated carbocycles. The Morgan fingerprint density at radius 1 is 1.18 bits per heavy atom. The van der Waals surface area contributed by atoms with Crippen molar-refractivity contribution < 1.29 is 32.4 Å². The van der Waals surface area contributed by atoms with E-state index in [9.17, 15) is 13.2 Å². The summed E-state index contributed by atoms with van der Waals surface area (Å²) in [6, 6.07) is 5.02. The van der Waals surface area contributed by atoms with Crippen LogP contribution in [0.3, 0.4) is 0 Å². The first-order valence-electron chi connectivity index (χ1n) is 3.97. The summed E-state index contributed by atoms with van der Waals surface area (Å²) in [5.41, 5.74) is 1.10. The van der Waals surface area contributed by atoms with E-state index in [-0.39, 0.29) is 5.69 Å². The number of nitrogen functional groups attached to an aromatic ring is 1. The molecule has 0 heterocycles. The number of hydrogen-bond donors (Lipinski definition) is 5. The second-order valence-electron chi connectivity index (χ2n) is 2.70. The zero-order valence-corrected chi connectivity index (χ0v) is 9.11. The fourth-order valence-corrected chi connectivity index (χ4v) is 0.856. The summed E-state index contributed by atoms with van der Waals surface area (Å²) < 4.78 is 45.3. The van der Waals surface area contributed by atoms with E-state index in [0.717, 1.165) is 6.07 Å². The molecule has 1 aromatic carbocycles. The zero-order valence-electron chi connectivity index (χ0n) is 8.22. The number of halogens is 3. The topological polar surface area (TPSA) is 116 Å². The number of para-hydroxylation sites is 1. The quantitative estimate of drug-likeness (QED) is 0.297. The first-order chi connectivity index (χ1) is 7.55. The van der Waals surface area contributed by atoms with E-state index in [2.05, 4.69) is 0 Å². The third-order valence-electron chi connectivity index (χ3n) is 1.39. The molecule has 0 aliphatic heterocycles. The third kappa shape index (κ3) is 7.72. The number of alkyl halides is 3. The average molecular weight is 274 g/mol. The van der Waals surface area contributed by atoms with Gasteiger partial charge in [0.05, 0.1) is 11.3 Å². The fourth-order valence-electron chi connectivity index (χ4n) is 0.856. The Kier molecular flexibility index (Phi) is 5.59. The molecule has 17 heavy (non-hydrogen) atoms. The van der Waals surface area contributed by atoms with Crippen molar-refractivity contribution >= 4 is 13.5 Å². The monoisotopic (exact) mass is 274 g/mol. The van der Waals surface area contributed by atoms with Crippen LogP contribution in [-0.4, -0.2) is 14.7 Å². The van der Waals surface area contributed by atoms with E-state index in [1.54, 1.807) is 0 Å². The molecule has 0 fully saturated rings. The van der Waals surface area contributed by atoms with Crippen LogP contribution >= 0.6 is 7.82 Å². The number of phosphoric acid groups is 1. The predicted molar refractivity (Wildman–Crippen MR) is 53.5 cm³/mol. The molecule has 0 saturated heterocycles. The van der Waals surface area contributed by atoms with Gasteiger partial charge in [-0.2, -0.15) is 13.2 Å². The van der Waals surface area contributed by atoms with E-state index in [1.165, 1.54) is 18.2 Å². The molecule has 0 amide bonds. The lowest BCUT2D eigenvalue weighted by Gasteiger charge is -2.10. The van der Waals surface area contributed by atoms with Gasteiger partial charge >= 0.3 is 14.0 Å². The molecule has 0 aliphatic rings. The molecule has 0 atom stereocenters. The van der Waals surface area contributed by atoms with Crippen LogP contribution in [0.25, 0.3) is 0 Å². The molecule has 0 radical (unpaired) electrons. The first-order valence-corrected chi connectivity index (χ1v) is 5.53. The first kappa shape index (κ1) is 15.9. The fraction of sp³-hybridized carbons (Fsp3) is 0.143. The van der Waals surface area contributed by atoms with Gasteiger partial charge in [0.1, 0.15) is 0 Å². The Morgan fingerprint density at radius 2 is 1.59 bits per heavy atom. The van der Waals surface area contributed by atoms with Gasteiger partial charge in [0.15, 0.2) is 0 Å². The Labute approximate surface area is 94.1 Å². The molecule has 1 aromatic rings. The number of nitrogens with two attached hydrogens (primary N) is 1. The van der Waals surface area contributed by atoms with Crippen LogP contribution in [0, 0.1) is 0 Å². The Morgan fingerprint density at radius 3 is 1.88 bits per heavy atom. The number of rotatable bonds is 1. The maximum absolute atomic E-state index is 12.1. The van der Waals surface area contributed by atoms with Crippen molar-refractivity contribution in [3.63, 3.8) is 0 Å². The average Bonchev–Trinajstić information content (AvgIpc) is 2.14. The van der Waals surface area contributed by atoms with E-state index < -0.39 is 19.6 Å². The van der Waals surface area contributed by atoms with Gasteiger partial charge in [0, 0.05) is 0 Å².